The maximum absolute atomic E-state index is 9.54. The molecule has 5 nitrogen and oxygen atoms in total. The summed E-state index contributed by atoms with van der Waals surface area (Å²) in [5.74, 6) is 0. The third-order valence-electron chi connectivity index (χ3n) is 2.09. The summed E-state index contributed by atoms with van der Waals surface area (Å²) < 4.78 is 10.6. The van der Waals surface area contributed by atoms with Gasteiger partial charge in [0.05, 0.1) is 38.1 Å². The SMILES string of the molecule is CCCNCC(O)COCC(C)OCC(C)O. The molecule has 104 valence electrons. The van der Waals surface area contributed by atoms with Gasteiger partial charge in [-0.15, -0.1) is 0 Å². The number of hydrogen-bond acceptors (Lipinski definition) is 5. The normalized spacial score (nSPS) is 16.8. The molecule has 0 spiro atoms. The van der Waals surface area contributed by atoms with Crippen LogP contribution in [0.15, 0.2) is 0 Å². The van der Waals surface area contributed by atoms with E-state index in [1.54, 1.807) is 6.92 Å². The second-order valence-electron chi connectivity index (χ2n) is 4.39. The van der Waals surface area contributed by atoms with E-state index >= 15 is 0 Å². The van der Waals surface area contributed by atoms with Crippen molar-refractivity contribution >= 4 is 0 Å². The summed E-state index contributed by atoms with van der Waals surface area (Å²) in [7, 11) is 0. The van der Waals surface area contributed by atoms with Gasteiger partial charge in [-0.1, -0.05) is 6.92 Å². The Kier molecular flexibility index (Phi) is 10.8. The largest absolute Gasteiger partial charge is 0.391 e. The molecule has 3 unspecified atom stereocenters. The highest BCUT2D eigenvalue weighted by Crippen LogP contribution is 1.95. The molecule has 0 aliphatic rings. The summed E-state index contributed by atoms with van der Waals surface area (Å²) in [4.78, 5) is 0. The first-order chi connectivity index (χ1) is 8.06. The smallest absolute Gasteiger partial charge is 0.0897 e. The van der Waals surface area contributed by atoms with Gasteiger partial charge in [-0.2, -0.15) is 0 Å². The Bertz CT molecular complexity index is 167. The molecule has 0 aromatic rings. The minimum absolute atomic E-state index is 0.0691. The van der Waals surface area contributed by atoms with Crippen LogP contribution in [0.5, 0.6) is 0 Å². The molecular formula is C12H27NO4. The van der Waals surface area contributed by atoms with E-state index in [0.717, 1.165) is 13.0 Å². The molecule has 17 heavy (non-hydrogen) atoms. The first-order valence-corrected chi connectivity index (χ1v) is 6.32. The second kappa shape index (κ2) is 10.9. The van der Waals surface area contributed by atoms with Crippen molar-refractivity contribution in [1.29, 1.82) is 0 Å². The quantitative estimate of drug-likeness (QED) is 0.455. The van der Waals surface area contributed by atoms with Gasteiger partial charge in [0.15, 0.2) is 0 Å². The van der Waals surface area contributed by atoms with Crippen LogP contribution in [0.1, 0.15) is 27.2 Å². The van der Waals surface area contributed by atoms with Crippen molar-refractivity contribution in [3.8, 4) is 0 Å². The summed E-state index contributed by atoms with van der Waals surface area (Å²) in [5, 5.41) is 21.7. The maximum atomic E-state index is 9.54. The number of nitrogens with one attached hydrogen (secondary N) is 1. The van der Waals surface area contributed by atoms with Crippen LogP contribution in [-0.2, 0) is 9.47 Å². The van der Waals surface area contributed by atoms with Crippen molar-refractivity contribution in [2.75, 3.05) is 32.9 Å². The molecule has 0 heterocycles. The third kappa shape index (κ3) is 12.1. The molecule has 0 aliphatic carbocycles. The van der Waals surface area contributed by atoms with E-state index in [1.165, 1.54) is 0 Å². The summed E-state index contributed by atoms with van der Waals surface area (Å²) >= 11 is 0. The van der Waals surface area contributed by atoms with Crippen molar-refractivity contribution in [3.05, 3.63) is 0 Å². The number of aliphatic hydroxyl groups is 2. The number of ether oxygens (including phenoxy) is 2. The molecular weight excluding hydrogens is 222 g/mol. The molecule has 0 rings (SSSR count). The summed E-state index contributed by atoms with van der Waals surface area (Å²) in [6.07, 6.45) is 0.0461. The maximum Gasteiger partial charge on any atom is 0.0897 e. The number of aliphatic hydroxyl groups excluding tert-OH is 2. The van der Waals surface area contributed by atoms with E-state index in [4.69, 9.17) is 14.6 Å². The Labute approximate surface area is 104 Å². The Morgan fingerprint density at radius 2 is 1.82 bits per heavy atom. The Morgan fingerprint density at radius 3 is 2.41 bits per heavy atom. The van der Waals surface area contributed by atoms with Crippen LogP contribution in [0.25, 0.3) is 0 Å². The monoisotopic (exact) mass is 249 g/mol. The molecule has 0 bridgehead atoms. The van der Waals surface area contributed by atoms with Gasteiger partial charge in [-0.25, -0.2) is 0 Å². The van der Waals surface area contributed by atoms with E-state index < -0.39 is 12.2 Å². The highest BCUT2D eigenvalue weighted by atomic mass is 16.5. The van der Waals surface area contributed by atoms with Gasteiger partial charge < -0.3 is 25.0 Å². The van der Waals surface area contributed by atoms with E-state index in [0.29, 0.717) is 26.4 Å². The van der Waals surface area contributed by atoms with Gasteiger partial charge in [0, 0.05) is 6.54 Å². The van der Waals surface area contributed by atoms with Crippen LogP contribution in [0.2, 0.25) is 0 Å². The lowest BCUT2D eigenvalue weighted by Gasteiger charge is -2.16. The zero-order chi connectivity index (χ0) is 13.1. The Hall–Kier alpha value is -0.200. The molecule has 0 amide bonds. The second-order valence-corrected chi connectivity index (χ2v) is 4.39. The predicted molar refractivity (Wildman–Crippen MR) is 67.1 cm³/mol. The average molecular weight is 249 g/mol. The molecule has 0 saturated heterocycles. The average Bonchev–Trinajstić information content (AvgIpc) is 2.27. The highest BCUT2D eigenvalue weighted by Gasteiger charge is 2.07. The van der Waals surface area contributed by atoms with Gasteiger partial charge in [-0.3, -0.25) is 0 Å². The molecule has 0 fully saturated rings. The molecule has 0 radical (unpaired) electrons. The van der Waals surface area contributed by atoms with Crippen molar-refractivity contribution in [2.24, 2.45) is 0 Å². The molecule has 0 saturated carbocycles. The van der Waals surface area contributed by atoms with Gasteiger partial charge >= 0.3 is 0 Å². The molecule has 0 aromatic carbocycles. The fourth-order valence-electron chi connectivity index (χ4n) is 1.23. The molecule has 5 heteroatoms. The minimum Gasteiger partial charge on any atom is -0.391 e. The summed E-state index contributed by atoms with van der Waals surface area (Å²) in [6, 6.07) is 0. The lowest BCUT2D eigenvalue weighted by Crippen LogP contribution is -2.32. The highest BCUT2D eigenvalue weighted by molar-refractivity contribution is 4.58. The fraction of sp³-hybridized carbons (Fsp3) is 1.00. The van der Waals surface area contributed by atoms with Gasteiger partial charge in [-0.05, 0) is 26.8 Å². The zero-order valence-corrected chi connectivity index (χ0v) is 11.2. The summed E-state index contributed by atoms with van der Waals surface area (Å²) in [6.45, 7) is 8.14. The first kappa shape index (κ1) is 16.8. The fourth-order valence-corrected chi connectivity index (χ4v) is 1.23. The van der Waals surface area contributed by atoms with E-state index in [-0.39, 0.29) is 6.10 Å². The van der Waals surface area contributed by atoms with Gasteiger partial charge in [0.2, 0.25) is 0 Å². The van der Waals surface area contributed by atoms with Crippen molar-refractivity contribution in [2.45, 2.75) is 45.5 Å². The molecule has 0 aliphatic heterocycles. The topological polar surface area (TPSA) is 71.0 Å². The minimum atomic E-state index is -0.481. The van der Waals surface area contributed by atoms with Crippen LogP contribution in [0, 0.1) is 0 Å². The van der Waals surface area contributed by atoms with Gasteiger partial charge in [0.1, 0.15) is 0 Å². The molecule has 0 aromatic heterocycles. The van der Waals surface area contributed by atoms with Crippen LogP contribution in [0.4, 0.5) is 0 Å². The van der Waals surface area contributed by atoms with E-state index in [9.17, 15) is 5.11 Å². The van der Waals surface area contributed by atoms with Crippen LogP contribution in [-0.4, -0.2) is 61.4 Å². The third-order valence-corrected chi connectivity index (χ3v) is 2.09. The van der Waals surface area contributed by atoms with Crippen LogP contribution < -0.4 is 5.32 Å². The zero-order valence-electron chi connectivity index (χ0n) is 11.2. The molecule has 3 N–H and O–H groups in total. The number of rotatable bonds is 11. The van der Waals surface area contributed by atoms with Crippen molar-refractivity contribution in [1.82, 2.24) is 5.32 Å². The Morgan fingerprint density at radius 1 is 1.12 bits per heavy atom. The summed E-state index contributed by atoms with van der Waals surface area (Å²) in [5.41, 5.74) is 0. The van der Waals surface area contributed by atoms with Crippen LogP contribution in [0.3, 0.4) is 0 Å². The lowest BCUT2D eigenvalue weighted by molar-refractivity contribution is -0.0509. The van der Waals surface area contributed by atoms with E-state index in [1.807, 2.05) is 6.92 Å². The first-order valence-electron chi connectivity index (χ1n) is 6.32. The predicted octanol–water partition coefficient (Wildman–Crippen LogP) is 0.149. The van der Waals surface area contributed by atoms with Gasteiger partial charge in [0.25, 0.3) is 0 Å². The standard InChI is InChI=1S/C12H27NO4/c1-4-5-13-6-12(15)9-16-8-11(3)17-7-10(2)14/h10-15H,4-9H2,1-3H3. The van der Waals surface area contributed by atoms with E-state index in [2.05, 4.69) is 12.2 Å². The lowest BCUT2D eigenvalue weighted by atomic mass is 10.3. The Balaban J connectivity index is 3.35. The van der Waals surface area contributed by atoms with Crippen molar-refractivity contribution < 1.29 is 19.7 Å². The number of hydrogen-bond donors (Lipinski definition) is 3. The molecule has 3 atom stereocenters. The van der Waals surface area contributed by atoms with Crippen LogP contribution >= 0.6 is 0 Å². The van der Waals surface area contributed by atoms with Crippen molar-refractivity contribution in [3.63, 3.8) is 0 Å².